The molecule has 2 N–H and O–H groups in total. The fourth-order valence-electron chi connectivity index (χ4n) is 1.80. The van der Waals surface area contributed by atoms with Crippen molar-refractivity contribution >= 4 is 23.8 Å². The number of carbonyl (C=O) groups is 1. The van der Waals surface area contributed by atoms with Gasteiger partial charge in [-0.25, -0.2) is 4.79 Å². The number of hydrogen-bond acceptors (Lipinski definition) is 6. The van der Waals surface area contributed by atoms with Gasteiger partial charge >= 0.3 is 6.09 Å². The highest BCUT2D eigenvalue weighted by Crippen LogP contribution is 2.37. The van der Waals surface area contributed by atoms with Gasteiger partial charge in [0.2, 0.25) is 0 Å². The predicted octanol–water partition coefficient (Wildman–Crippen LogP) is 2.89. The second-order valence-electron chi connectivity index (χ2n) is 5.45. The number of rotatable bonds is 2. The molecule has 1 heterocycles. The average molecular weight is 298 g/mol. The predicted molar refractivity (Wildman–Crippen MR) is 77.1 cm³/mol. The van der Waals surface area contributed by atoms with E-state index in [-0.39, 0.29) is 0 Å². The zero-order chi connectivity index (χ0) is 14.9. The van der Waals surface area contributed by atoms with Gasteiger partial charge in [0.05, 0.1) is 5.69 Å². The lowest BCUT2D eigenvalue weighted by Gasteiger charge is -2.24. The first-order valence-corrected chi connectivity index (χ1v) is 6.92. The first kappa shape index (κ1) is 14.8. The zero-order valence-corrected chi connectivity index (χ0v) is 12.7. The molecule has 1 unspecified atom stereocenters. The van der Waals surface area contributed by atoms with E-state index in [0.29, 0.717) is 22.7 Å². The topological polar surface area (TPSA) is 71.0 Å². The maximum absolute atomic E-state index is 11.8. The van der Waals surface area contributed by atoms with Crippen molar-refractivity contribution in [3.63, 3.8) is 0 Å². The number of benzene rings is 1. The van der Waals surface area contributed by atoms with Crippen molar-refractivity contribution in [2.45, 2.75) is 37.6 Å². The molecular weight excluding hydrogens is 280 g/mol. The van der Waals surface area contributed by atoms with Crippen LogP contribution >= 0.6 is 12.0 Å². The molecule has 2 rings (SSSR count). The van der Waals surface area contributed by atoms with Crippen molar-refractivity contribution in [1.82, 2.24) is 5.32 Å². The first-order chi connectivity index (χ1) is 9.30. The number of nitrogens with one attached hydrogen (secondary N) is 1. The van der Waals surface area contributed by atoms with Gasteiger partial charge in [-0.05, 0) is 39.0 Å². The third-order valence-corrected chi connectivity index (χ3v) is 3.11. The molecular formula is C13H18N2O4S. The van der Waals surface area contributed by atoms with Gasteiger partial charge in [0, 0.05) is 24.0 Å². The number of anilines is 1. The van der Waals surface area contributed by atoms with Crippen LogP contribution in [0.15, 0.2) is 23.1 Å². The maximum Gasteiger partial charge on any atom is 0.412 e. The molecule has 0 saturated heterocycles. The summed E-state index contributed by atoms with van der Waals surface area (Å²) >= 11 is 0.648. The Hall–Kier alpha value is -1.60. The summed E-state index contributed by atoms with van der Waals surface area (Å²) in [6.07, 6.45) is -1.17. The van der Waals surface area contributed by atoms with E-state index in [1.807, 2.05) is 6.07 Å². The lowest BCUT2D eigenvalue weighted by molar-refractivity contribution is 0.0415. The largest absolute Gasteiger partial charge is 0.450 e. The standard InChI is InChI=1S/C13H18N2O4S/c1-13(2,3)19-12(16)14-11-15(4)9-6-5-8(20-17)7-10(9)18-11/h5-7,11,17H,1-4H3,(H,14,16). The Labute approximate surface area is 122 Å². The summed E-state index contributed by atoms with van der Waals surface area (Å²) in [6, 6.07) is 5.32. The molecule has 0 saturated carbocycles. The van der Waals surface area contributed by atoms with Crippen LogP contribution in [0.5, 0.6) is 5.75 Å². The number of hydrogen-bond donors (Lipinski definition) is 2. The summed E-state index contributed by atoms with van der Waals surface area (Å²) in [6.45, 7) is 5.39. The molecule has 20 heavy (non-hydrogen) atoms. The van der Waals surface area contributed by atoms with E-state index in [9.17, 15) is 4.79 Å². The Bertz CT molecular complexity index is 516. The molecule has 1 amide bonds. The van der Waals surface area contributed by atoms with Crippen molar-refractivity contribution in [2.75, 3.05) is 11.9 Å². The highest BCUT2D eigenvalue weighted by atomic mass is 32.2. The summed E-state index contributed by atoms with van der Waals surface area (Å²) in [5.41, 5.74) is 0.276. The van der Waals surface area contributed by atoms with Crippen LogP contribution in [0.2, 0.25) is 0 Å². The lowest BCUT2D eigenvalue weighted by Crippen LogP contribution is -2.48. The van der Waals surface area contributed by atoms with Crippen molar-refractivity contribution in [3.8, 4) is 5.75 Å². The number of amides is 1. The number of nitrogens with zero attached hydrogens (tertiary/aromatic N) is 1. The Kier molecular flexibility index (Phi) is 4.01. The normalized spacial score (nSPS) is 17.4. The molecule has 0 fully saturated rings. The molecule has 1 aromatic carbocycles. The monoisotopic (exact) mass is 298 g/mol. The van der Waals surface area contributed by atoms with Crippen molar-refractivity contribution in [1.29, 1.82) is 0 Å². The van der Waals surface area contributed by atoms with Crippen molar-refractivity contribution in [2.24, 2.45) is 0 Å². The van der Waals surface area contributed by atoms with Crippen LogP contribution in [0.4, 0.5) is 10.5 Å². The van der Waals surface area contributed by atoms with Crippen LogP contribution in [0.1, 0.15) is 20.8 Å². The second kappa shape index (κ2) is 5.41. The Morgan fingerprint density at radius 1 is 1.50 bits per heavy atom. The van der Waals surface area contributed by atoms with E-state index < -0.39 is 18.0 Å². The van der Waals surface area contributed by atoms with Crippen LogP contribution in [0.3, 0.4) is 0 Å². The van der Waals surface area contributed by atoms with E-state index in [4.69, 9.17) is 14.0 Å². The summed E-state index contributed by atoms with van der Waals surface area (Å²) in [7, 11) is 1.81. The first-order valence-electron chi connectivity index (χ1n) is 6.14. The number of carbonyl (C=O) groups excluding carboxylic acids is 1. The van der Waals surface area contributed by atoms with Crippen LogP contribution < -0.4 is 15.0 Å². The van der Waals surface area contributed by atoms with Gasteiger partial charge in [-0.3, -0.25) is 5.32 Å². The number of fused-ring (bicyclic) bond motifs is 1. The molecule has 110 valence electrons. The summed E-state index contributed by atoms with van der Waals surface area (Å²) in [5.74, 6) is 0.604. The molecule has 0 aromatic heterocycles. The fourth-order valence-corrected chi connectivity index (χ4v) is 2.09. The van der Waals surface area contributed by atoms with E-state index in [1.54, 1.807) is 44.9 Å². The summed E-state index contributed by atoms with van der Waals surface area (Å²) < 4.78 is 19.9. The minimum atomic E-state index is -0.626. The fraction of sp³-hybridized carbons (Fsp3) is 0.462. The second-order valence-corrected chi connectivity index (χ2v) is 6.10. The quantitative estimate of drug-likeness (QED) is 0.818. The summed E-state index contributed by atoms with van der Waals surface area (Å²) in [4.78, 5) is 14.2. The highest BCUT2D eigenvalue weighted by molar-refractivity contribution is 7.93. The van der Waals surface area contributed by atoms with Gasteiger partial charge in [-0.2, -0.15) is 0 Å². The lowest BCUT2D eigenvalue weighted by atomic mass is 10.2. The van der Waals surface area contributed by atoms with E-state index in [2.05, 4.69) is 5.32 Å². The summed E-state index contributed by atoms with van der Waals surface area (Å²) in [5, 5.41) is 2.64. The smallest absolute Gasteiger partial charge is 0.412 e. The molecule has 0 bridgehead atoms. The van der Waals surface area contributed by atoms with E-state index >= 15 is 0 Å². The highest BCUT2D eigenvalue weighted by Gasteiger charge is 2.31. The molecule has 1 aliphatic rings. The van der Waals surface area contributed by atoms with Crippen LogP contribution in [-0.2, 0) is 4.74 Å². The van der Waals surface area contributed by atoms with E-state index in [1.165, 1.54) is 0 Å². The molecule has 0 aliphatic carbocycles. The zero-order valence-electron chi connectivity index (χ0n) is 11.8. The number of ether oxygens (including phenoxy) is 2. The molecule has 0 radical (unpaired) electrons. The van der Waals surface area contributed by atoms with Gasteiger partial charge in [-0.1, -0.05) is 0 Å². The third-order valence-electron chi connectivity index (χ3n) is 2.65. The van der Waals surface area contributed by atoms with E-state index in [0.717, 1.165) is 5.69 Å². The minimum Gasteiger partial charge on any atom is -0.450 e. The van der Waals surface area contributed by atoms with Crippen molar-refractivity contribution in [3.05, 3.63) is 18.2 Å². The SMILES string of the molecule is CN1c2ccc(SO)cc2OC1NC(=O)OC(C)(C)C. The molecule has 1 aliphatic heterocycles. The number of alkyl carbamates (subject to hydrolysis) is 1. The van der Waals surface area contributed by atoms with Crippen LogP contribution in [0, 0.1) is 0 Å². The molecule has 6 nitrogen and oxygen atoms in total. The maximum atomic E-state index is 11.8. The van der Waals surface area contributed by atoms with Gasteiger partial charge < -0.3 is 18.9 Å². The van der Waals surface area contributed by atoms with Crippen LogP contribution in [0.25, 0.3) is 0 Å². The van der Waals surface area contributed by atoms with Gasteiger partial charge in [0.25, 0.3) is 6.35 Å². The third kappa shape index (κ3) is 3.29. The molecule has 0 spiro atoms. The average Bonchev–Trinajstić information content (AvgIpc) is 2.63. The Morgan fingerprint density at radius 3 is 2.80 bits per heavy atom. The molecule has 1 aromatic rings. The molecule has 1 atom stereocenters. The van der Waals surface area contributed by atoms with Gasteiger partial charge in [-0.15, -0.1) is 0 Å². The van der Waals surface area contributed by atoms with Crippen LogP contribution in [-0.4, -0.2) is 29.6 Å². The van der Waals surface area contributed by atoms with Gasteiger partial charge in [0.1, 0.15) is 11.4 Å². The minimum absolute atomic E-state index is 0.543. The Morgan fingerprint density at radius 2 is 2.20 bits per heavy atom. The Balaban J connectivity index is 2.05. The van der Waals surface area contributed by atoms with Gasteiger partial charge in [0.15, 0.2) is 0 Å². The molecule has 7 heteroatoms. The van der Waals surface area contributed by atoms with Crippen molar-refractivity contribution < 1.29 is 18.8 Å².